The Morgan fingerprint density at radius 1 is 1.22 bits per heavy atom. The minimum Gasteiger partial charge on any atom is -0.444 e. The fraction of sp³-hybridized carbons (Fsp3) is 0.588. The molecule has 1 aromatic rings. The van der Waals surface area contributed by atoms with E-state index < -0.39 is 33.3 Å². The van der Waals surface area contributed by atoms with Crippen LogP contribution in [0.15, 0.2) is 18.2 Å². The Balaban J connectivity index is 1.59. The van der Waals surface area contributed by atoms with Gasteiger partial charge in [0.05, 0.1) is 22.3 Å². The number of carbonyl (C=O) groups is 1. The van der Waals surface area contributed by atoms with E-state index in [0.717, 1.165) is 0 Å². The minimum absolute atomic E-state index is 0.336. The number of likely N-dealkylation sites (tertiary alicyclic amines) is 1. The highest BCUT2D eigenvalue weighted by atomic mass is 32.2. The lowest BCUT2D eigenvalue weighted by atomic mass is 10.1. The van der Waals surface area contributed by atoms with E-state index in [-0.39, 0.29) is 0 Å². The first-order valence-electron chi connectivity index (χ1n) is 8.88. The summed E-state index contributed by atoms with van der Waals surface area (Å²) in [6.45, 7) is 6.06. The van der Waals surface area contributed by atoms with Gasteiger partial charge in [-0.05, 0) is 51.8 Å². The molecule has 0 aromatic heterocycles. The zero-order valence-electron chi connectivity index (χ0n) is 15.7. The molecule has 1 amide bonds. The monoisotopic (exact) mass is 398 g/mol. The summed E-state index contributed by atoms with van der Waals surface area (Å²) in [4.78, 5) is 13.6. The van der Waals surface area contributed by atoms with Crippen molar-refractivity contribution in [1.82, 2.24) is 4.90 Å². The van der Waals surface area contributed by atoms with Crippen molar-refractivity contribution in [2.45, 2.75) is 50.8 Å². The van der Waals surface area contributed by atoms with Crippen LogP contribution in [0.5, 0.6) is 0 Å². The average molecular weight is 398 g/mol. The van der Waals surface area contributed by atoms with Crippen LogP contribution < -0.4 is 15.4 Å². The smallest absolute Gasteiger partial charge is 0.410 e. The van der Waals surface area contributed by atoms with Crippen molar-refractivity contribution < 1.29 is 23.1 Å². The summed E-state index contributed by atoms with van der Waals surface area (Å²) in [5, 5.41) is 14.5. The maximum Gasteiger partial charge on any atom is 0.410 e. The van der Waals surface area contributed by atoms with Crippen molar-refractivity contribution in [2.24, 2.45) is 0 Å². The largest absolute Gasteiger partial charge is 0.444 e. The van der Waals surface area contributed by atoms with Crippen molar-refractivity contribution in [3.63, 3.8) is 0 Å². The lowest BCUT2D eigenvalue weighted by molar-refractivity contribution is 0.0217. The van der Waals surface area contributed by atoms with E-state index in [9.17, 15) is 18.3 Å². The van der Waals surface area contributed by atoms with Gasteiger partial charge in [-0.2, -0.15) is 0 Å². The van der Waals surface area contributed by atoms with Gasteiger partial charge in [0, 0.05) is 13.1 Å². The molecule has 1 fully saturated rings. The summed E-state index contributed by atoms with van der Waals surface area (Å²) in [7, 11) is -3.59. The number of aliphatic hydroxyl groups is 1. The van der Waals surface area contributed by atoms with E-state index >= 15 is 0 Å². The number of carbonyl (C=O) groups excluding carboxylic acids is 1. The van der Waals surface area contributed by atoms with Crippen LogP contribution in [0.2, 0.25) is 0 Å². The molecular formula is C17H26N4O5S. The van der Waals surface area contributed by atoms with Crippen LogP contribution in [0.3, 0.4) is 0 Å². The molecule has 150 valence electrons. The van der Waals surface area contributed by atoms with Gasteiger partial charge in [-0.15, -0.1) is 0 Å². The van der Waals surface area contributed by atoms with E-state index in [4.69, 9.17) is 4.74 Å². The molecule has 0 spiro atoms. The van der Waals surface area contributed by atoms with Gasteiger partial charge in [0.1, 0.15) is 5.60 Å². The number of anilines is 3. The predicted molar refractivity (Wildman–Crippen MR) is 103 cm³/mol. The third kappa shape index (κ3) is 4.75. The predicted octanol–water partition coefficient (Wildman–Crippen LogP) is 1.94. The molecular weight excluding hydrogens is 372 g/mol. The topological polar surface area (TPSA) is 120 Å². The van der Waals surface area contributed by atoms with Crippen molar-refractivity contribution in [1.29, 1.82) is 0 Å². The fourth-order valence-corrected chi connectivity index (χ4v) is 4.56. The Hall–Kier alpha value is -2.20. The second-order valence-corrected chi connectivity index (χ2v) is 9.73. The second-order valence-electron chi connectivity index (χ2n) is 7.77. The van der Waals surface area contributed by atoms with E-state index in [1.807, 2.05) is 0 Å². The van der Waals surface area contributed by atoms with Gasteiger partial charge < -0.3 is 25.4 Å². The molecule has 1 atom stereocenters. The van der Waals surface area contributed by atoms with E-state index in [2.05, 4.69) is 15.4 Å². The number of amides is 1. The molecule has 0 saturated carbocycles. The van der Waals surface area contributed by atoms with Gasteiger partial charge in [0.2, 0.25) is 16.4 Å². The number of hydrogen-bond donors (Lipinski definition) is 4. The Bertz CT molecular complexity index is 813. The zero-order chi connectivity index (χ0) is 19.8. The molecule has 2 aliphatic rings. The molecule has 1 unspecified atom stereocenters. The van der Waals surface area contributed by atoms with Crippen LogP contribution in [0.1, 0.15) is 33.6 Å². The normalized spacial score (nSPS) is 20.4. The van der Waals surface area contributed by atoms with Crippen LogP contribution in [-0.2, 0) is 14.8 Å². The highest BCUT2D eigenvalue weighted by Gasteiger charge is 2.33. The Kier molecular flexibility index (Phi) is 5.13. The molecule has 2 heterocycles. The molecule has 27 heavy (non-hydrogen) atoms. The van der Waals surface area contributed by atoms with Gasteiger partial charge in [0.15, 0.2) is 0 Å². The Morgan fingerprint density at radius 3 is 2.48 bits per heavy atom. The number of hydrogen-bond acceptors (Lipinski definition) is 7. The molecule has 0 aliphatic carbocycles. The number of aliphatic hydroxyl groups excluding tert-OH is 1. The number of rotatable bonds is 3. The second kappa shape index (κ2) is 7.08. The third-order valence-electron chi connectivity index (χ3n) is 4.40. The summed E-state index contributed by atoms with van der Waals surface area (Å²) in [6.07, 6.45) is -0.609. The van der Waals surface area contributed by atoms with Crippen LogP contribution in [0, 0.1) is 0 Å². The first-order chi connectivity index (χ1) is 12.5. The summed E-state index contributed by atoms with van der Waals surface area (Å²) >= 11 is 0. The van der Waals surface area contributed by atoms with Crippen molar-refractivity contribution in [3.8, 4) is 0 Å². The Labute approximate surface area is 159 Å². The molecule has 1 aromatic carbocycles. The molecule has 9 nitrogen and oxygen atoms in total. The fourth-order valence-electron chi connectivity index (χ4n) is 3.11. The summed E-state index contributed by atoms with van der Waals surface area (Å²) in [5.41, 5.74) is 1.18. The number of fused-ring (bicyclic) bond motifs is 1. The number of nitrogens with one attached hydrogen (secondary N) is 3. The van der Waals surface area contributed by atoms with E-state index in [1.165, 1.54) is 0 Å². The van der Waals surface area contributed by atoms with Crippen LogP contribution in [-0.4, -0.2) is 54.8 Å². The van der Waals surface area contributed by atoms with Crippen molar-refractivity contribution >= 4 is 33.2 Å². The number of nitrogens with zero attached hydrogens (tertiary/aromatic N) is 1. The molecule has 1 saturated heterocycles. The lowest BCUT2D eigenvalue weighted by Crippen LogP contribution is -2.45. The molecule has 0 bridgehead atoms. The SMILES string of the molecule is CC(C)(C)OC(=O)N1CCC(S(=O)(=O)Nc2ccc3c(c2)NC(O)N3)CC1. The summed E-state index contributed by atoms with van der Waals surface area (Å²) < 4.78 is 33.3. The van der Waals surface area contributed by atoms with Gasteiger partial charge in [-0.3, -0.25) is 4.72 Å². The molecule has 2 aliphatic heterocycles. The number of piperidine rings is 1. The standard InChI is InChI=1S/C17H26N4O5S/c1-17(2,3)26-16(23)21-8-6-12(7-9-21)27(24,25)20-11-4-5-13-14(10-11)19-15(22)18-13/h4-5,10,12,15,18-20,22H,6-9H2,1-3H3. The molecule has 4 N–H and O–H groups in total. The number of sulfonamides is 1. The average Bonchev–Trinajstić information content (AvgIpc) is 2.92. The van der Waals surface area contributed by atoms with Crippen LogP contribution >= 0.6 is 0 Å². The Morgan fingerprint density at radius 2 is 1.85 bits per heavy atom. The summed E-state index contributed by atoms with van der Waals surface area (Å²) in [5.74, 6) is 0. The third-order valence-corrected chi connectivity index (χ3v) is 6.27. The first kappa shape index (κ1) is 19.6. The van der Waals surface area contributed by atoms with E-state index in [1.54, 1.807) is 43.9 Å². The molecule has 3 rings (SSSR count). The molecule has 0 radical (unpaired) electrons. The van der Waals surface area contributed by atoms with Gasteiger partial charge in [-0.25, -0.2) is 13.2 Å². The van der Waals surface area contributed by atoms with Gasteiger partial charge in [-0.1, -0.05) is 0 Å². The number of benzene rings is 1. The van der Waals surface area contributed by atoms with Gasteiger partial charge in [0.25, 0.3) is 0 Å². The maximum atomic E-state index is 12.7. The minimum atomic E-state index is -3.59. The van der Waals surface area contributed by atoms with Gasteiger partial charge >= 0.3 is 6.09 Å². The number of ether oxygens (including phenoxy) is 1. The van der Waals surface area contributed by atoms with Crippen LogP contribution in [0.25, 0.3) is 0 Å². The maximum absolute atomic E-state index is 12.7. The highest BCUT2D eigenvalue weighted by Crippen LogP contribution is 2.32. The lowest BCUT2D eigenvalue weighted by Gasteiger charge is -2.33. The first-order valence-corrected chi connectivity index (χ1v) is 10.4. The molecule has 10 heteroatoms. The quantitative estimate of drug-likeness (QED) is 0.614. The van der Waals surface area contributed by atoms with Crippen LogP contribution in [0.4, 0.5) is 21.9 Å². The zero-order valence-corrected chi connectivity index (χ0v) is 16.5. The van der Waals surface area contributed by atoms with Crippen molar-refractivity contribution in [2.75, 3.05) is 28.4 Å². The van der Waals surface area contributed by atoms with E-state index in [0.29, 0.717) is 43.0 Å². The summed E-state index contributed by atoms with van der Waals surface area (Å²) in [6, 6.07) is 4.96. The van der Waals surface area contributed by atoms with Crippen molar-refractivity contribution in [3.05, 3.63) is 18.2 Å². The highest BCUT2D eigenvalue weighted by molar-refractivity contribution is 7.93.